The van der Waals surface area contributed by atoms with Crippen molar-refractivity contribution < 1.29 is 9.53 Å². The molecular formula is C30H24ClN5O2. The maximum Gasteiger partial charge on any atom is 0.248 e. The van der Waals surface area contributed by atoms with Crippen LogP contribution in [-0.4, -0.2) is 15.7 Å². The maximum absolute atomic E-state index is 14.8. The first kappa shape index (κ1) is 23.8. The number of rotatable bonds is 5. The van der Waals surface area contributed by atoms with E-state index in [9.17, 15) is 10.1 Å². The van der Waals surface area contributed by atoms with Crippen molar-refractivity contribution in [3.8, 4) is 17.6 Å². The molecule has 0 radical (unpaired) electrons. The zero-order valence-electron chi connectivity index (χ0n) is 20.7. The van der Waals surface area contributed by atoms with Gasteiger partial charge in [0.2, 0.25) is 17.7 Å². The predicted molar refractivity (Wildman–Crippen MR) is 145 cm³/mol. The monoisotopic (exact) mass is 521 g/mol. The number of carbonyl (C=O) groups is 1. The molecule has 2 aliphatic heterocycles. The average Bonchev–Trinajstić information content (AvgIpc) is 3.40. The van der Waals surface area contributed by atoms with Crippen LogP contribution < -0.4 is 15.4 Å². The van der Waals surface area contributed by atoms with Crippen LogP contribution in [0.3, 0.4) is 0 Å². The lowest BCUT2D eigenvalue weighted by molar-refractivity contribution is -0.121. The van der Waals surface area contributed by atoms with Gasteiger partial charge in [-0.2, -0.15) is 10.4 Å². The van der Waals surface area contributed by atoms with Crippen LogP contribution in [-0.2, 0) is 23.2 Å². The minimum atomic E-state index is -1.50. The summed E-state index contributed by atoms with van der Waals surface area (Å²) in [4.78, 5) is 16.5. The molecule has 2 aliphatic rings. The van der Waals surface area contributed by atoms with E-state index in [1.54, 1.807) is 15.6 Å². The first-order chi connectivity index (χ1) is 18.5. The Morgan fingerprint density at radius 2 is 1.76 bits per heavy atom. The molecule has 188 valence electrons. The Hall–Kier alpha value is -4.54. The minimum absolute atomic E-state index is 0.0640. The Kier molecular flexibility index (Phi) is 5.70. The minimum Gasteiger partial charge on any atom is -0.422 e. The van der Waals surface area contributed by atoms with Crippen molar-refractivity contribution in [2.45, 2.75) is 31.7 Å². The molecule has 7 nitrogen and oxygen atoms in total. The normalized spacial score (nSPS) is 17.8. The van der Waals surface area contributed by atoms with Crippen LogP contribution in [0.15, 0.2) is 90.3 Å². The number of nitriles is 1. The van der Waals surface area contributed by atoms with E-state index in [1.165, 1.54) is 0 Å². The second-order valence-electron chi connectivity index (χ2n) is 9.33. The molecule has 1 amide bonds. The Balaban J connectivity index is 1.66. The van der Waals surface area contributed by atoms with Gasteiger partial charge in [0.05, 0.1) is 23.5 Å². The van der Waals surface area contributed by atoms with Crippen LogP contribution in [0.1, 0.15) is 35.7 Å². The highest BCUT2D eigenvalue weighted by Gasteiger charge is 2.61. The number of benzene rings is 3. The number of anilines is 1. The quantitative estimate of drug-likeness (QED) is 0.379. The summed E-state index contributed by atoms with van der Waals surface area (Å²) in [5.74, 6) is -0.0468. The molecule has 3 heterocycles. The summed E-state index contributed by atoms with van der Waals surface area (Å²) in [5.41, 5.74) is 9.18. The first-order valence-corrected chi connectivity index (χ1v) is 12.8. The number of hydrogen-bond donors (Lipinski definition) is 1. The third-order valence-electron chi connectivity index (χ3n) is 7.17. The number of halogens is 1. The maximum atomic E-state index is 14.8. The summed E-state index contributed by atoms with van der Waals surface area (Å²) in [6.45, 7) is 2.29. The fraction of sp³-hybridized carbons (Fsp3) is 0.167. The van der Waals surface area contributed by atoms with Gasteiger partial charge in [0.25, 0.3) is 0 Å². The number of nitrogens with two attached hydrogens (primary N) is 1. The lowest BCUT2D eigenvalue weighted by Gasteiger charge is -2.33. The highest BCUT2D eigenvalue weighted by Crippen LogP contribution is 2.57. The molecule has 0 fully saturated rings. The standard InChI is InChI=1S/C30H24ClN5O2/c1-2-10-24-26-28(36(34-24)20-12-4-3-5-13-20)38-27(33)22(17-32)30(26)21-14-7-9-16-25(21)35(29(30)37)18-19-11-6-8-15-23(19)31/h3-9,11-16H,2,10,18,33H2,1H3/t30-/m0/s1. The summed E-state index contributed by atoms with van der Waals surface area (Å²) in [6, 6.07) is 26.7. The van der Waals surface area contributed by atoms with Crippen LogP contribution in [0.25, 0.3) is 5.69 Å². The van der Waals surface area contributed by atoms with Gasteiger partial charge in [-0.05, 0) is 36.2 Å². The number of ether oxygens (including phenoxy) is 1. The molecule has 1 aromatic heterocycles. The summed E-state index contributed by atoms with van der Waals surface area (Å²) < 4.78 is 7.79. The molecule has 3 aromatic carbocycles. The van der Waals surface area contributed by atoms with Gasteiger partial charge in [0.1, 0.15) is 17.1 Å². The molecule has 2 N–H and O–H groups in total. The molecule has 1 spiro atoms. The summed E-state index contributed by atoms with van der Waals surface area (Å²) in [6.07, 6.45) is 1.38. The number of aromatic nitrogens is 2. The SMILES string of the molecule is CCCc1nn(-c2ccccc2)c2c1[C@@]1(C(=O)N(Cc3ccccc3Cl)c3ccccc31)C(C#N)=C(N)O2. The fourth-order valence-electron chi connectivity index (χ4n) is 5.57. The van der Waals surface area contributed by atoms with E-state index in [1.807, 2.05) is 79.7 Å². The number of hydrogen-bond acceptors (Lipinski definition) is 5. The van der Waals surface area contributed by atoms with Gasteiger partial charge in [-0.15, -0.1) is 0 Å². The van der Waals surface area contributed by atoms with E-state index < -0.39 is 5.41 Å². The second-order valence-corrected chi connectivity index (χ2v) is 9.73. The number of amides is 1. The van der Waals surface area contributed by atoms with Crippen molar-refractivity contribution in [3.05, 3.63) is 118 Å². The summed E-state index contributed by atoms with van der Waals surface area (Å²) in [7, 11) is 0. The third-order valence-corrected chi connectivity index (χ3v) is 7.54. The lowest BCUT2D eigenvalue weighted by atomic mass is 9.68. The van der Waals surface area contributed by atoms with E-state index in [0.717, 1.165) is 17.7 Å². The molecule has 38 heavy (non-hydrogen) atoms. The van der Waals surface area contributed by atoms with E-state index >= 15 is 0 Å². The zero-order chi connectivity index (χ0) is 26.4. The summed E-state index contributed by atoms with van der Waals surface area (Å²) in [5, 5.41) is 15.9. The molecule has 4 aromatic rings. The average molecular weight is 522 g/mol. The van der Waals surface area contributed by atoms with Gasteiger partial charge in [0, 0.05) is 16.3 Å². The van der Waals surface area contributed by atoms with Crippen LogP contribution >= 0.6 is 11.6 Å². The molecule has 1 atom stereocenters. The number of nitrogens with zero attached hydrogens (tertiary/aromatic N) is 4. The first-order valence-electron chi connectivity index (χ1n) is 12.4. The molecule has 0 saturated heterocycles. The lowest BCUT2D eigenvalue weighted by Crippen LogP contribution is -2.46. The van der Waals surface area contributed by atoms with Crippen molar-refractivity contribution >= 4 is 23.2 Å². The number of carbonyl (C=O) groups excluding carboxylic acids is 1. The zero-order valence-corrected chi connectivity index (χ0v) is 21.4. The Labute approximate surface area is 225 Å². The van der Waals surface area contributed by atoms with Gasteiger partial charge < -0.3 is 15.4 Å². The van der Waals surface area contributed by atoms with Crippen LogP contribution in [0.5, 0.6) is 5.88 Å². The smallest absolute Gasteiger partial charge is 0.248 e. The van der Waals surface area contributed by atoms with Crippen molar-refractivity contribution in [2.24, 2.45) is 5.73 Å². The third kappa shape index (κ3) is 3.27. The van der Waals surface area contributed by atoms with E-state index in [4.69, 9.17) is 27.2 Å². The van der Waals surface area contributed by atoms with Crippen molar-refractivity contribution in [1.29, 1.82) is 5.26 Å². The van der Waals surface area contributed by atoms with Gasteiger partial charge in [-0.1, -0.05) is 79.5 Å². The highest BCUT2D eigenvalue weighted by molar-refractivity contribution is 6.31. The van der Waals surface area contributed by atoms with Gasteiger partial charge >= 0.3 is 0 Å². The topological polar surface area (TPSA) is 97.2 Å². The van der Waals surface area contributed by atoms with Gasteiger partial charge in [-0.25, -0.2) is 4.68 Å². The largest absolute Gasteiger partial charge is 0.422 e. The molecule has 0 saturated carbocycles. The molecule has 6 rings (SSSR count). The van der Waals surface area contributed by atoms with Crippen LogP contribution in [0.4, 0.5) is 5.69 Å². The van der Waals surface area contributed by atoms with E-state index in [0.29, 0.717) is 39.8 Å². The van der Waals surface area contributed by atoms with Gasteiger partial charge in [0.15, 0.2) is 0 Å². The Morgan fingerprint density at radius 1 is 1.05 bits per heavy atom. The van der Waals surface area contributed by atoms with E-state index in [-0.39, 0.29) is 23.9 Å². The molecule has 0 unspecified atom stereocenters. The predicted octanol–water partition coefficient (Wildman–Crippen LogP) is 5.40. The van der Waals surface area contributed by atoms with Crippen LogP contribution in [0.2, 0.25) is 5.02 Å². The molecular weight excluding hydrogens is 498 g/mol. The number of fused-ring (bicyclic) bond motifs is 4. The van der Waals surface area contributed by atoms with Crippen LogP contribution in [0, 0.1) is 11.3 Å². The number of aryl methyl sites for hydroxylation is 1. The molecule has 0 aliphatic carbocycles. The van der Waals surface area contributed by atoms with Crippen molar-refractivity contribution in [3.63, 3.8) is 0 Å². The second kappa shape index (κ2) is 9.09. The highest BCUT2D eigenvalue weighted by atomic mass is 35.5. The Bertz CT molecular complexity index is 1650. The Morgan fingerprint density at radius 3 is 2.50 bits per heavy atom. The molecule has 8 heteroatoms. The summed E-state index contributed by atoms with van der Waals surface area (Å²) >= 11 is 6.50. The van der Waals surface area contributed by atoms with Crippen molar-refractivity contribution in [2.75, 3.05) is 4.90 Å². The van der Waals surface area contributed by atoms with Gasteiger partial charge in [-0.3, -0.25) is 4.79 Å². The molecule has 0 bridgehead atoms. The number of para-hydroxylation sites is 2. The fourth-order valence-corrected chi connectivity index (χ4v) is 5.76. The van der Waals surface area contributed by atoms with Crippen molar-refractivity contribution in [1.82, 2.24) is 9.78 Å². The van der Waals surface area contributed by atoms with E-state index in [2.05, 4.69) is 6.07 Å².